The van der Waals surface area contributed by atoms with Crippen molar-refractivity contribution in [3.05, 3.63) is 22.2 Å². The van der Waals surface area contributed by atoms with Crippen molar-refractivity contribution in [3.63, 3.8) is 0 Å². The van der Waals surface area contributed by atoms with Crippen molar-refractivity contribution in [1.82, 2.24) is 5.32 Å². The monoisotopic (exact) mass is 343 g/mol. The molecule has 20 heavy (non-hydrogen) atoms. The first kappa shape index (κ1) is 14.1. The Kier molecular flexibility index (Phi) is 3.90. The molecule has 6 heteroatoms. The molecule has 1 saturated heterocycles. The van der Waals surface area contributed by atoms with Crippen LogP contribution in [-0.2, 0) is 16.0 Å². The minimum Gasteiger partial charge on any atom is -0.454 e. The van der Waals surface area contributed by atoms with Gasteiger partial charge in [0.25, 0.3) is 0 Å². The number of hydrogen-bond acceptors (Lipinski definition) is 5. The van der Waals surface area contributed by atoms with E-state index in [9.17, 15) is 0 Å². The van der Waals surface area contributed by atoms with Gasteiger partial charge in [0, 0.05) is 17.6 Å². The fourth-order valence-electron chi connectivity index (χ4n) is 2.33. The van der Waals surface area contributed by atoms with E-state index < -0.39 is 5.79 Å². The van der Waals surface area contributed by atoms with Gasteiger partial charge in [0.2, 0.25) is 6.79 Å². The number of benzene rings is 1. The zero-order valence-electron chi connectivity index (χ0n) is 11.6. The lowest BCUT2D eigenvalue weighted by atomic mass is 10.2. The van der Waals surface area contributed by atoms with E-state index in [0.29, 0.717) is 13.4 Å². The maximum atomic E-state index is 5.75. The van der Waals surface area contributed by atoms with Crippen LogP contribution in [0.1, 0.15) is 19.4 Å². The normalized spacial score (nSPS) is 23.2. The number of halogens is 1. The van der Waals surface area contributed by atoms with Crippen molar-refractivity contribution in [2.75, 3.05) is 19.9 Å². The highest BCUT2D eigenvalue weighted by Gasteiger charge is 2.32. The minimum absolute atomic E-state index is 0.0952. The molecular formula is C14H18BrNO4. The molecule has 0 amide bonds. The van der Waals surface area contributed by atoms with Crippen LogP contribution in [-0.4, -0.2) is 31.8 Å². The molecule has 1 aromatic rings. The molecule has 3 rings (SSSR count). The SMILES string of the molecule is CC1(C)OCC(CNCc2cc3c(cc2Br)OCO3)O1. The average molecular weight is 344 g/mol. The molecule has 1 unspecified atom stereocenters. The summed E-state index contributed by atoms with van der Waals surface area (Å²) in [5.41, 5.74) is 1.13. The van der Waals surface area contributed by atoms with Gasteiger partial charge in [0.1, 0.15) is 0 Å². The van der Waals surface area contributed by atoms with Gasteiger partial charge in [0.05, 0.1) is 12.7 Å². The van der Waals surface area contributed by atoms with Crippen molar-refractivity contribution >= 4 is 15.9 Å². The Hall–Kier alpha value is -0.820. The highest BCUT2D eigenvalue weighted by molar-refractivity contribution is 9.10. The summed E-state index contributed by atoms with van der Waals surface area (Å²) in [6.07, 6.45) is 0.0952. The average Bonchev–Trinajstić information content (AvgIpc) is 2.95. The summed E-state index contributed by atoms with van der Waals surface area (Å²) in [5, 5.41) is 3.38. The Labute approximate surface area is 126 Å². The number of fused-ring (bicyclic) bond motifs is 1. The van der Waals surface area contributed by atoms with Gasteiger partial charge in [0.15, 0.2) is 17.3 Å². The van der Waals surface area contributed by atoms with Crippen molar-refractivity contribution < 1.29 is 18.9 Å². The van der Waals surface area contributed by atoms with Gasteiger partial charge >= 0.3 is 0 Å². The van der Waals surface area contributed by atoms with Gasteiger partial charge in [-0.05, 0) is 31.5 Å². The van der Waals surface area contributed by atoms with Gasteiger partial charge < -0.3 is 24.3 Å². The van der Waals surface area contributed by atoms with Gasteiger partial charge in [-0.1, -0.05) is 15.9 Å². The fraction of sp³-hybridized carbons (Fsp3) is 0.571. The number of ether oxygens (including phenoxy) is 4. The molecule has 2 aliphatic heterocycles. The minimum atomic E-state index is -0.467. The van der Waals surface area contributed by atoms with Crippen molar-refractivity contribution in [2.24, 2.45) is 0 Å². The molecule has 0 spiro atoms. The summed E-state index contributed by atoms with van der Waals surface area (Å²) in [6, 6.07) is 3.94. The Morgan fingerprint density at radius 3 is 2.75 bits per heavy atom. The largest absolute Gasteiger partial charge is 0.454 e. The Morgan fingerprint density at radius 2 is 2.05 bits per heavy atom. The van der Waals surface area contributed by atoms with Crippen molar-refractivity contribution in [3.8, 4) is 11.5 Å². The molecule has 1 N–H and O–H groups in total. The summed E-state index contributed by atoms with van der Waals surface area (Å²) >= 11 is 3.55. The lowest BCUT2D eigenvalue weighted by Crippen LogP contribution is -2.30. The van der Waals surface area contributed by atoms with E-state index in [1.165, 1.54) is 0 Å². The summed E-state index contributed by atoms with van der Waals surface area (Å²) < 4.78 is 23.0. The summed E-state index contributed by atoms with van der Waals surface area (Å²) in [6.45, 7) is 6.27. The maximum absolute atomic E-state index is 5.75. The van der Waals surface area contributed by atoms with Crippen LogP contribution in [0.25, 0.3) is 0 Å². The van der Waals surface area contributed by atoms with E-state index in [-0.39, 0.29) is 6.10 Å². The van der Waals surface area contributed by atoms with Crippen LogP contribution >= 0.6 is 15.9 Å². The number of hydrogen-bond donors (Lipinski definition) is 1. The molecule has 110 valence electrons. The topological polar surface area (TPSA) is 49.0 Å². The Balaban J connectivity index is 1.54. The van der Waals surface area contributed by atoms with Crippen molar-refractivity contribution in [2.45, 2.75) is 32.3 Å². The Bertz CT molecular complexity index is 506. The predicted octanol–water partition coefficient (Wildman–Crippen LogP) is 2.42. The molecule has 0 bridgehead atoms. The van der Waals surface area contributed by atoms with E-state index in [0.717, 1.165) is 34.6 Å². The molecule has 1 fully saturated rings. The third-order valence-corrected chi connectivity index (χ3v) is 4.03. The van der Waals surface area contributed by atoms with Crippen LogP contribution in [0, 0.1) is 0 Å². The first-order valence-electron chi connectivity index (χ1n) is 6.64. The molecule has 0 aromatic heterocycles. The van der Waals surface area contributed by atoms with Gasteiger partial charge in [-0.3, -0.25) is 0 Å². The molecule has 0 aliphatic carbocycles. The predicted molar refractivity (Wildman–Crippen MR) is 76.9 cm³/mol. The first-order chi connectivity index (χ1) is 9.53. The first-order valence-corrected chi connectivity index (χ1v) is 7.43. The molecule has 0 saturated carbocycles. The van der Waals surface area contributed by atoms with Gasteiger partial charge in [-0.25, -0.2) is 0 Å². The third kappa shape index (κ3) is 3.09. The van der Waals surface area contributed by atoms with E-state index in [1.54, 1.807) is 0 Å². The summed E-state index contributed by atoms with van der Waals surface area (Å²) in [4.78, 5) is 0. The van der Waals surface area contributed by atoms with E-state index in [1.807, 2.05) is 26.0 Å². The number of nitrogens with one attached hydrogen (secondary N) is 1. The zero-order valence-corrected chi connectivity index (χ0v) is 13.2. The standard InChI is InChI=1S/C14H18BrNO4/c1-14(2)19-7-10(20-14)6-16-5-9-3-12-13(4-11(9)15)18-8-17-12/h3-4,10,16H,5-8H2,1-2H3. The zero-order chi connectivity index (χ0) is 14.2. The van der Waals surface area contributed by atoms with Gasteiger partial charge in [-0.15, -0.1) is 0 Å². The van der Waals surface area contributed by atoms with Crippen LogP contribution in [0.4, 0.5) is 0 Å². The molecule has 0 radical (unpaired) electrons. The van der Waals surface area contributed by atoms with E-state index in [4.69, 9.17) is 18.9 Å². The van der Waals surface area contributed by atoms with Gasteiger partial charge in [-0.2, -0.15) is 0 Å². The lowest BCUT2D eigenvalue weighted by molar-refractivity contribution is -0.137. The van der Waals surface area contributed by atoms with Crippen LogP contribution < -0.4 is 14.8 Å². The van der Waals surface area contributed by atoms with Crippen LogP contribution in [0.5, 0.6) is 11.5 Å². The molecule has 1 atom stereocenters. The second-order valence-electron chi connectivity index (χ2n) is 5.38. The highest BCUT2D eigenvalue weighted by atomic mass is 79.9. The second kappa shape index (κ2) is 5.52. The Morgan fingerprint density at radius 1 is 1.30 bits per heavy atom. The van der Waals surface area contributed by atoms with Crippen LogP contribution in [0.2, 0.25) is 0 Å². The quantitative estimate of drug-likeness (QED) is 0.909. The van der Waals surface area contributed by atoms with E-state index >= 15 is 0 Å². The molecular weight excluding hydrogens is 326 g/mol. The fourth-order valence-corrected chi connectivity index (χ4v) is 2.79. The molecule has 2 aliphatic rings. The summed E-state index contributed by atoms with van der Waals surface area (Å²) in [5.74, 6) is 1.12. The highest BCUT2D eigenvalue weighted by Crippen LogP contribution is 2.36. The van der Waals surface area contributed by atoms with Crippen LogP contribution in [0.15, 0.2) is 16.6 Å². The third-order valence-electron chi connectivity index (χ3n) is 3.30. The molecule has 5 nitrogen and oxygen atoms in total. The number of rotatable bonds is 4. The van der Waals surface area contributed by atoms with Crippen molar-refractivity contribution in [1.29, 1.82) is 0 Å². The summed E-state index contributed by atoms with van der Waals surface area (Å²) in [7, 11) is 0. The maximum Gasteiger partial charge on any atom is 0.231 e. The van der Waals surface area contributed by atoms with Crippen LogP contribution in [0.3, 0.4) is 0 Å². The molecule has 1 aromatic carbocycles. The van der Waals surface area contributed by atoms with E-state index in [2.05, 4.69) is 21.2 Å². The lowest BCUT2D eigenvalue weighted by Gasteiger charge is -2.17. The smallest absolute Gasteiger partial charge is 0.231 e. The second-order valence-corrected chi connectivity index (χ2v) is 6.23. The molecule has 2 heterocycles.